The monoisotopic (exact) mass is 315 g/mol. The Morgan fingerprint density at radius 2 is 1.90 bits per heavy atom. The van der Waals surface area contributed by atoms with E-state index in [-0.39, 0.29) is 10.1 Å². The van der Waals surface area contributed by atoms with E-state index < -0.39 is 32.8 Å². The summed E-state index contributed by atoms with van der Waals surface area (Å²) < 4.78 is 52.0. The van der Waals surface area contributed by atoms with Gasteiger partial charge in [0.15, 0.2) is 9.84 Å². The topological polar surface area (TPSA) is 47.0 Å². The molecule has 1 aromatic heterocycles. The van der Waals surface area contributed by atoms with Crippen LogP contribution in [-0.2, 0) is 15.6 Å². The first kappa shape index (κ1) is 13.6. The van der Waals surface area contributed by atoms with E-state index in [9.17, 15) is 17.2 Å². The van der Waals surface area contributed by atoms with Crippen LogP contribution in [0.3, 0.4) is 0 Å². The Bertz CT molecular complexity index is 731. The minimum absolute atomic E-state index is 0.141. The third-order valence-corrected chi connectivity index (χ3v) is 6.33. The van der Waals surface area contributed by atoms with Gasteiger partial charge in [0.25, 0.3) is 0 Å². The molecule has 0 radical (unpaired) electrons. The predicted octanol–water partition coefficient (Wildman–Crippen LogP) is 3.27. The van der Waals surface area contributed by atoms with Crippen molar-refractivity contribution in [2.75, 3.05) is 0 Å². The van der Waals surface area contributed by atoms with Crippen molar-refractivity contribution in [3.8, 4) is 0 Å². The van der Waals surface area contributed by atoms with Gasteiger partial charge in [0.1, 0.15) is 15.8 Å². The van der Waals surface area contributed by atoms with Crippen molar-refractivity contribution in [2.45, 2.75) is 28.7 Å². The highest BCUT2D eigenvalue weighted by atomic mass is 32.2. The zero-order valence-corrected chi connectivity index (χ0v) is 12.0. The first-order valence-corrected chi connectivity index (χ1v) is 8.61. The number of rotatable bonds is 4. The molecule has 0 aliphatic heterocycles. The fourth-order valence-electron chi connectivity index (χ4n) is 2.03. The summed E-state index contributed by atoms with van der Waals surface area (Å²) in [4.78, 5) is 4.08. The molecular formula is C13H11F2NO2S2. The molecule has 3 nitrogen and oxygen atoms in total. The molecule has 7 heteroatoms. The van der Waals surface area contributed by atoms with Gasteiger partial charge in [-0.1, -0.05) is 6.07 Å². The van der Waals surface area contributed by atoms with Gasteiger partial charge in [-0.2, -0.15) is 0 Å². The van der Waals surface area contributed by atoms with Crippen LogP contribution in [0, 0.1) is 11.6 Å². The summed E-state index contributed by atoms with van der Waals surface area (Å²) in [5.74, 6) is -2.18. The van der Waals surface area contributed by atoms with Crippen LogP contribution in [0.4, 0.5) is 8.78 Å². The Balaban J connectivity index is 1.98. The lowest BCUT2D eigenvalue weighted by atomic mass is 10.2. The maximum atomic E-state index is 13.6. The van der Waals surface area contributed by atoms with Crippen LogP contribution in [0.25, 0.3) is 0 Å². The minimum Gasteiger partial charge on any atom is -0.248 e. The first-order valence-electron chi connectivity index (χ1n) is 6.08. The molecule has 1 aliphatic carbocycles. The van der Waals surface area contributed by atoms with E-state index in [1.165, 1.54) is 11.6 Å². The molecule has 1 aliphatic rings. The molecule has 0 amide bonds. The fraction of sp³-hybridized carbons (Fsp3) is 0.308. The highest BCUT2D eigenvalue weighted by molar-refractivity contribution is 7.92. The fourth-order valence-corrected chi connectivity index (χ4v) is 4.85. The predicted molar refractivity (Wildman–Crippen MR) is 71.3 cm³/mol. The first-order chi connectivity index (χ1) is 9.49. The molecule has 0 N–H and O–H groups in total. The number of thiazole rings is 1. The summed E-state index contributed by atoms with van der Waals surface area (Å²) in [5.41, 5.74) is 1.60. The van der Waals surface area contributed by atoms with E-state index in [4.69, 9.17) is 0 Å². The quantitative estimate of drug-likeness (QED) is 0.870. The van der Waals surface area contributed by atoms with E-state index in [0.29, 0.717) is 5.69 Å². The smallest absolute Gasteiger partial charge is 0.193 e. The molecule has 3 rings (SSSR count). The van der Waals surface area contributed by atoms with Crippen molar-refractivity contribution in [1.29, 1.82) is 0 Å². The molecule has 106 valence electrons. The summed E-state index contributed by atoms with van der Waals surface area (Å²) >= 11 is 1.01. The van der Waals surface area contributed by atoms with Crippen LogP contribution in [0.5, 0.6) is 0 Å². The van der Waals surface area contributed by atoms with Crippen molar-refractivity contribution < 1.29 is 17.2 Å². The number of aromatic nitrogens is 1. The van der Waals surface area contributed by atoms with E-state index in [1.807, 2.05) is 0 Å². The van der Waals surface area contributed by atoms with Crippen molar-refractivity contribution in [1.82, 2.24) is 4.98 Å². The van der Waals surface area contributed by atoms with Gasteiger partial charge < -0.3 is 0 Å². The normalized spacial score (nSPS) is 15.5. The van der Waals surface area contributed by atoms with Gasteiger partial charge in [0, 0.05) is 11.5 Å². The number of hydrogen-bond donors (Lipinski definition) is 0. The van der Waals surface area contributed by atoms with E-state index >= 15 is 0 Å². The molecule has 0 unspecified atom stereocenters. The molecule has 0 bridgehead atoms. The molecular weight excluding hydrogens is 304 g/mol. The lowest BCUT2D eigenvalue weighted by molar-refractivity contribution is 0.556. The number of benzene rings is 1. The summed E-state index contributed by atoms with van der Waals surface area (Å²) in [5, 5.41) is 0. The number of sulfone groups is 1. The lowest BCUT2D eigenvalue weighted by Crippen LogP contribution is -2.09. The summed E-state index contributed by atoms with van der Waals surface area (Å²) in [6.07, 6.45) is 1.83. The number of nitrogens with zero attached hydrogens (tertiary/aromatic N) is 1. The van der Waals surface area contributed by atoms with Crippen LogP contribution in [0.2, 0.25) is 0 Å². The maximum absolute atomic E-state index is 13.6. The van der Waals surface area contributed by atoms with Crippen molar-refractivity contribution in [2.24, 2.45) is 0 Å². The number of hydrogen-bond acceptors (Lipinski definition) is 4. The Kier molecular flexibility index (Phi) is 3.33. The average Bonchev–Trinajstić information content (AvgIpc) is 3.11. The van der Waals surface area contributed by atoms with Crippen LogP contribution in [0.15, 0.2) is 27.9 Å². The third-order valence-electron chi connectivity index (χ3n) is 3.20. The second kappa shape index (κ2) is 4.89. The number of halogens is 2. The van der Waals surface area contributed by atoms with Gasteiger partial charge in [0.05, 0.1) is 17.0 Å². The minimum atomic E-state index is -3.77. The molecule has 2 aromatic rings. The second-order valence-electron chi connectivity index (χ2n) is 4.76. The summed E-state index contributed by atoms with van der Waals surface area (Å²) in [6.45, 7) is 0. The Hall–Kier alpha value is -1.34. The molecule has 0 spiro atoms. The van der Waals surface area contributed by atoms with Crippen LogP contribution in [0.1, 0.15) is 30.0 Å². The van der Waals surface area contributed by atoms with E-state index in [2.05, 4.69) is 4.98 Å². The van der Waals surface area contributed by atoms with Gasteiger partial charge in [-0.05, 0) is 25.0 Å². The molecule has 1 heterocycles. The zero-order chi connectivity index (χ0) is 14.3. The van der Waals surface area contributed by atoms with Gasteiger partial charge in [0.2, 0.25) is 0 Å². The average molecular weight is 315 g/mol. The molecule has 0 saturated heterocycles. The lowest BCUT2D eigenvalue weighted by Gasteiger charge is -2.06. The highest BCUT2D eigenvalue weighted by Crippen LogP contribution is 2.43. The molecule has 20 heavy (non-hydrogen) atoms. The largest absolute Gasteiger partial charge is 0.248 e. The van der Waals surface area contributed by atoms with Crippen LogP contribution < -0.4 is 0 Å². The van der Waals surface area contributed by atoms with Gasteiger partial charge in [-0.3, -0.25) is 0 Å². The van der Waals surface area contributed by atoms with Crippen LogP contribution in [-0.4, -0.2) is 13.4 Å². The maximum Gasteiger partial charge on any atom is 0.193 e. The Morgan fingerprint density at radius 1 is 1.25 bits per heavy atom. The van der Waals surface area contributed by atoms with Crippen LogP contribution >= 0.6 is 11.3 Å². The molecule has 1 fully saturated rings. The summed E-state index contributed by atoms with van der Waals surface area (Å²) in [7, 11) is -3.77. The van der Waals surface area contributed by atoms with E-state index in [1.54, 1.807) is 0 Å². The van der Waals surface area contributed by atoms with Crippen molar-refractivity contribution >= 4 is 21.2 Å². The SMILES string of the molecule is O=S(=O)(Cc1c(F)cccc1F)c1scnc1C1CC1. The van der Waals surface area contributed by atoms with Gasteiger partial charge >= 0.3 is 0 Å². The molecule has 0 atom stereocenters. The van der Waals surface area contributed by atoms with Gasteiger partial charge in [-0.25, -0.2) is 22.2 Å². The van der Waals surface area contributed by atoms with Crippen molar-refractivity contribution in [3.63, 3.8) is 0 Å². The third kappa shape index (κ3) is 2.47. The van der Waals surface area contributed by atoms with E-state index in [0.717, 1.165) is 36.3 Å². The summed E-state index contributed by atoms with van der Waals surface area (Å²) in [6, 6.07) is 3.33. The Labute approximate surface area is 119 Å². The van der Waals surface area contributed by atoms with Crippen molar-refractivity contribution in [3.05, 3.63) is 46.6 Å². The van der Waals surface area contributed by atoms with Gasteiger partial charge in [-0.15, -0.1) is 11.3 Å². The highest BCUT2D eigenvalue weighted by Gasteiger charge is 2.33. The Morgan fingerprint density at radius 3 is 2.50 bits per heavy atom. The molecule has 1 saturated carbocycles. The second-order valence-corrected chi connectivity index (χ2v) is 7.80. The molecule has 1 aromatic carbocycles. The zero-order valence-electron chi connectivity index (χ0n) is 10.3. The standard InChI is InChI=1S/C13H11F2NO2S2/c14-10-2-1-3-11(15)9(10)6-20(17,18)13-12(8-4-5-8)16-7-19-13/h1-3,7-8H,4-6H2.